The van der Waals surface area contributed by atoms with E-state index in [4.69, 9.17) is 23.7 Å². The molecule has 49 heavy (non-hydrogen) atoms. The molecule has 0 saturated heterocycles. The molecule has 8 nitrogen and oxygen atoms in total. The van der Waals surface area contributed by atoms with E-state index in [1.165, 1.54) is 51.4 Å². The predicted octanol–water partition coefficient (Wildman–Crippen LogP) is 8.35. The zero-order valence-electron chi connectivity index (χ0n) is 32.1. The van der Waals surface area contributed by atoms with Crippen LogP contribution in [0.3, 0.4) is 0 Å². The quantitative estimate of drug-likeness (QED) is 0.0871. The molecule has 6 unspecified atom stereocenters. The topological polar surface area (TPSA) is 95.5 Å². The number of aliphatic hydroxyl groups is 1. The number of hydrogen-bond donors (Lipinski definition) is 2. The van der Waals surface area contributed by atoms with Gasteiger partial charge in [0, 0.05) is 19.6 Å². The van der Waals surface area contributed by atoms with E-state index in [1.54, 1.807) is 5.57 Å². The molecule has 4 aliphatic carbocycles. The van der Waals surface area contributed by atoms with Crippen molar-refractivity contribution < 1.29 is 33.6 Å². The van der Waals surface area contributed by atoms with Crippen molar-refractivity contribution in [2.24, 2.45) is 46.3 Å². The Morgan fingerprint density at radius 2 is 1.57 bits per heavy atom. The third kappa shape index (κ3) is 11.4. The minimum Gasteiger partial charge on any atom is -0.446 e. The maximum Gasteiger partial charge on any atom is 0.407 e. The van der Waals surface area contributed by atoms with E-state index in [-0.39, 0.29) is 17.6 Å². The van der Waals surface area contributed by atoms with Gasteiger partial charge in [-0.15, -0.1) is 0 Å². The summed E-state index contributed by atoms with van der Waals surface area (Å²) >= 11 is 0. The number of ether oxygens (including phenoxy) is 5. The van der Waals surface area contributed by atoms with Gasteiger partial charge in [0.15, 0.2) is 0 Å². The van der Waals surface area contributed by atoms with Gasteiger partial charge in [-0.3, -0.25) is 0 Å². The first-order chi connectivity index (χ1) is 23.6. The number of rotatable bonds is 22. The summed E-state index contributed by atoms with van der Waals surface area (Å²) in [5.41, 5.74) is 2.35. The summed E-state index contributed by atoms with van der Waals surface area (Å²) in [7, 11) is 0. The molecule has 0 bridgehead atoms. The van der Waals surface area contributed by atoms with Crippen LogP contribution in [0.5, 0.6) is 0 Å². The van der Waals surface area contributed by atoms with Gasteiger partial charge in [0.05, 0.1) is 52.4 Å². The highest BCUT2D eigenvalue weighted by molar-refractivity contribution is 5.67. The molecule has 0 aromatic heterocycles. The molecule has 4 aliphatic rings. The van der Waals surface area contributed by atoms with Crippen LogP contribution in [0.25, 0.3) is 0 Å². The molecule has 4 rings (SSSR count). The molecule has 0 radical (unpaired) electrons. The number of aliphatic hydroxyl groups excluding tert-OH is 1. The fraction of sp³-hybridized carbons (Fsp3) is 0.927. The molecule has 0 aliphatic heterocycles. The van der Waals surface area contributed by atoms with Crippen molar-refractivity contribution in [3.8, 4) is 0 Å². The third-order valence-corrected chi connectivity index (χ3v) is 13.2. The van der Waals surface area contributed by atoms with Gasteiger partial charge in [-0.25, -0.2) is 4.79 Å². The summed E-state index contributed by atoms with van der Waals surface area (Å²) in [6.07, 6.45) is 17.3. The first-order valence-electron chi connectivity index (χ1n) is 20.2. The van der Waals surface area contributed by atoms with Gasteiger partial charge in [0.2, 0.25) is 0 Å². The lowest BCUT2D eigenvalue weighted by molar-refractivity contribution is -0.0581. The van der Waals surface area contributed by atoms with Gasteiger partial charge < -0.3 is 34.1 Å². The monoisotopic (exact) mass is 692 g/mol. The van der Waals surface area contributed by atoms with Crippen LogP contribution < -0.4 is 5.32 Å². The van der Waals surface area contributed by atoms with Crippen molar-refractivity contribution in [3.05, 3.63) is 11.6 Å². The van der Waals surface area contributed by atoms with Gasteiger partial charge in [-0.05, 0) is 104 Å². The summed E-state index contributed by atoms with van der Waals surface area (Å²) in [5, 5.41) is 12.4. The lowest BCUT2D eigenvalue weighted by atomic mass is 9.47. The largest absolute Gasteiger partial charge is 0.446 e. The molecular weight excluding hydrogens is 618 g/mol. The average Bonchev–Trinajstić information content (AvgIpc) is 3.43. The minimum absolute atomic E-state index is 0.0221. The van der Waals surface area contributed by atoms with E-state index in [9.17, 15) is 9.90 Å². The number of fused-ring (bicyclic) bond motifs is 5. The van der Waals surface area contributed by atoms with E-state index in [0.717, 1.165) is 61.2 Å². The van der Waals surface area contributed by atoms with Crippen molar-refractivity contribution in [1.29, 1.82) is 0 Å². The van der Waals surface area contributed by atoms with Crippen molar-refractivity contribution >= 4 is 6.09 Å². The Bertz CT molecular complexity index is 1000. The third-order valence-electron chi connectivity index (χ3n) is 13.2. The Labute approximate surface area is 299 Å². The number of hydrogen-bond acceptors (Lipinski definition) is 7. The van der Waals surface area contributed by atoms with E-state index < -0.39 is 6.10 Å². The van der Waals surface area contributed by atoms with Crippen molar-refractivity contribution in [2.45, 2.75) is 137 Å². The zero-order valence-corrected chi connectivity index (χ0v) is 32.1. The van der Waals surface area contributed by atoms with Gasteiger partial charge in [-0.2, -0.15) is 0 Å². The van der Waals surface area contributed by atoms with Crippen molar-refractivity contribution in [2.75, 3.05) is 59.4 Å². The summed E-state index contributed by atoms with van der Waals surface area (Å²) in [6, 6.07) is 0. The Balaban J connectivity index is 1.07. The van der Waals surface area contributed by atoms with Gasteiger partial charge in [0.25, 0.3) is 0 Å². The van der Waals surface area contributed by atoms with Crippen LogP contribution in [0.2, 0.25) is 0 Å². The van der Waals surface area contributed by atoms with Gasteiger partial charge in [-0.1, -0.05) is 72.5 Å². The first-order valence-corrected chi connectivity index (χ1v) is 20.2. The molecule has 0 spiro atoms. The van der Waals surface area contributed by atoms with Gasteiger partial charge in [0.1, 0.15) is 6.10 Å². The Morgan fingerprint density at radius 1 is 0.878 bits per heavy atom. The number of amides is 1. The Hall–Kier alpha value is -1.19. The molecular formula is C41H73NO7. The number of carbonyl (C=O) groups is 1. The molecule has 0 aromatic carbocycles. The highest BCUT2D eigenvalue weighted by Gasteiger charge is 2.59. The maximum absolute atomic E-state index is 12.6. The van der Waals surface area contributed by atoms with Crippen LogP contribution in [0.1, 0.15) is 125 Å². The molecule has 0 aromatic rings. The second kappa shape index (κ2) is 20.2. The van der Waals surface area contributed by atoms with Gasteiger partial charge >= 0.3 is 6.09 Å². The molecule has 0 heterocycles. The fourth-order valence-corrected chi connectivity index (χ4v) is 10.3. The maximum atomic E-state index is 12.6. The summed E-state index contributed by atoms with van der Waals surface area (Å²) in [4.78, 5) is 12.6. The molecule has 284 valence electrons. The number of carbonyl (C=O) groups excluding carboxylic acids is 1. The first kappa shape index (κ1) is 40.6. The van der Waals surface area contributed by atoms with Crippen molar-refractivity contribution in [3.63, 3.8) is 0 Å². The molecule has 3 saturated carbocycles. The van der Waals surface area contributed by atoms with E-state index in [1.807, 2.05) is 6.92 Å². The van der Waals surface area contributed by atoms with Crippen LogP contribution in [0.15, 0.2) is 11.6 Å². The standard InChI is InChI=1S/C41H73NO7/c1-7-33(43)29-48-27-26-47-25-24-46-23-22-45-21-9-20-42-39(44)49-34-16-18-40(5)32(28-34)12-13-35-37-15-14-36(31(4)11-8-10-30(2)3)41(37,6)19-17-38(35)40/h12,30-31,33-38,43H,7-11,13-29H2,1-6H3,(H,42,44)/t31?,33?,34-,35?,36?,37?,38?,40-,41+/m0/s1. The van der Waals surface area contributed by atoms with Crippen molar-refractivity contribution in [1.82, 2.24) is 5.32 Å². The Kier molecular flexibility index (Phi) is 16.7. The smallest absolute Gasteiger partial charge is 0.407 e. The molecule has 3 fully saturated rings. The van der Waals surface area contributed by atoms with Crippen LogP contribution >= 0.6 is 0 Å². The molecule has 1 amide bonds. The van der Waals surface area contributed by atoms with Crippen LogP contribution in [0, 0.1) is 46.3 Å². The summed E-state index contributed by atoms with van der Waals surface area (Å²) in [5.74, 6) is 5.05. The second-order valence-corrected chi connectivity index (χ2v) is 16.8. The van der Waals surface area contributed by atoms with Crippen LogP contribution in [0.4, 0.5) is 4.79 Å². The lowest BCUT2D eigenvalue weighted by Gasteiger charge is -2.58. The lowest BCUT2D eigenvalue weighted by Crippen LogP contribution is -2.51. The number of alkyl carbamates (subject to hydrolysis) is 1. The average molecular weight is 692 g/mol. The van der Waals surface area contributed by atoms with E-state index >= 15 is 0 Å². The SMILES string of the molecule is CCC(O)COCCOCCOCCOCCCNC(=O)O[C@H]1CC[C@@]2(C)C(=CCC3C4CCC(C(C)CCCC(C)C)[C@@]4(C)CCC32)C1. The highest BCUT2D eigenvalue weighted by atomic mass is 16.6. The van der Waals surface area contributed by atoms with Crippen LogP contribution in [-0.2, 0) is 23.7 Å². The zero-order chi connectivity index (χ0) is 35.3. The molecule has 8 heteroatoms. The fourth-order valence-electron chi connectivity index (χ4n) is 10.3. The molecule has 2 N–H and O–H groups in total. The minimum atomic E-state index is -0.401. The summed E-state index contributed by atoms with van der Waals surface area (Å²) < 4.78 is 27.9. The number of nitrogens with one attached hydrogen (secondary N) is 1. The number of allylic oxidation sites excluding steroid dienone is 1. The second-order valence-electron chi connectivity index (χ2n) is 16.8. The van der Waals surface area contributed by atoms with E-state index in [0.29, 0.717) is 71.2 Å². The van der Waals surface area contributed by atoms with Crippen LogP contribution in [-0.4, -0.2) is 82.8 Å². The summed E-state index contributed by atoms with van der Waals surface area (Å²) in [6.45, 7) is 18.9. The molecule has 9 atom stereocenters. The Morgan fingerprint density at radius 3 is 2.27 bits per heavy atom. The predicted molar refractivity (Wildman–Crippen MR) is 196 cm³/mol. The highest BCUT2D eigenvalue weighted by Crippen LogP contribution is 2.67. The normalized spacial score (nSPS) is 32.2. The van der Waals surface area contributed by atoms with E-state index in [2.05, 4.69) is 46.0 Å².